The molecule has 0 unspecified atom stereocenters. The fourth-order valence-corrected chi connectivity index (χ4v) is 2.90. The van der Waals surface area contributed by atoms with Crippen LogP contribution in [0.1, 0.15) is 16.7 Å². The third kappa shape index (κ3) is 2.57. The standard InChI is InChI=1S/C19H13FN2O3/c20-13-5-6-16(23)15(8-13)19(22-24)11-7-12-10-25-17-4-2-1-3-14(17)18(12)21-9-11/h1-9,23-24H,10H2/b22-19+. The highest BCUT2D eigenvalue weighted by atomic mass is 19.1. The van der Waals surface area contributed by atoms with E-state index in [1.165, 1.54) is 12.3 Å². The number of phenols is 1. The van der Waals surface area contributed by atoms with Gasteiger partial charge in [0.15, 0.2) is 0 Å². The van der Waals surface area contributed by atoms with Crippen molar-refractivity contribution in [1.29, 1.82) is 0 Å². The van der Waals surface area contributed by atoms with Crippen LogP contribution in [-0.2, 0) is 6.61 Å². The number of hydrogen-bond acceptors (Lipinski definition) is 5. The van der Waals surface area contributed by atoms with Crippen molar-refractivity contribution in [2.45, 2.75) is 6.61 Å². The van der Waals surface area contributed by atoms with E-state index in [0.717, 1.165) is 34.7 Å². The van der Waals surface area contributed by atoms with E-state index in [1.807, 2.05) is 24.3 Å². The zero-order valence-electron chi connectivity index (χ0n) is 13.0. The molecule has 0 fully saturated rings. The molecule has 1 aromatic heterocycles. The number of rotatable bonds is 2. The summed E-state index contributed by atoms with van der Waals surface area (Å²) in [6, 6.07) is 12.8. The molecule has 0 radical (unpaired) electrons. The number of hydrogen-bond donors (Lipinski definition) is 2. The first-order valence-corrected chi connectivity index (χ1v) is 7.60. The molecule has 124 valence electrons. The van der Waals surface area contributed by atoms with E-state index >= 15 is 0 Å². The van der Waals surface area contributed by atoms with Gasteiger partial charge in [-0.15, -0.1) is 0 Å². The van der Waals surface area contributed by atoms with E-state index in [1.54, 1.807) is 6.07 Å². The molecule has 4 rings (SSSR count). The molecule has 2 N–H and O–H groups in total. The van der Waals surface area contributed by atoms with E-state index in [2.05, 4.69) is 10.1 Å². The monoisotopic (exact) mass is 336 g/mol. The number of aromatic hydroxyl groups is 1. The molecular formula is C19H13FN2O3. The predicted octanol–water partition coefficient (Wildman–Crippen LogP) is 3.71. The van der Waals surface area contributed by atoms with Gasteiger partial charge in [-0.25, -0.2) is 4.39 Å². The molecule has 3 aromatic rings. The summed E-state index contributed by atoms with van der Waals surface area (Å²) in [5.74, 6) is 0.0275. The fraction of sp³-hybridized carbons (Fsp3) is 0.0526. The molecule has 1 aliphatic rings. The Kier molecular flexibility index (Phi) is 3.57. The van der Waals surface area contributed by atoms with E-state index in [9.17, 15) is 14.7 Å². The molecule has 0 atom stereocenters. The predicted molar refractivity (Wildman–Crippen MR) is 89.5 cm³/mol. The highest BCUT2D eigenvalue weighted by Gasteiger charge is 2.21. The summed E-state index contributed by atoms with van der Waals surface area (Å²) in [4.78, 5) is 4.46. The summed E-state index contributed by atoms with van der Waals surface area (Å²) in [6.07, 6.45) is 1.53. The number of nitrogens with zero attached hydrogens (tertiary/aromatic N) is 2. The Balaban J connectivity index is 1.81. The minimum atomic E-state index is -0.544. The number of para-hydroxylation sites is 1. The van der Waals surface area contributed by atoms with Gasteiger partial charge in [0.2, 0.25) is 0 Å². The first kappa shape index (κ1) is 15.1. The van der Waals surface area contributed by atoms with Crippen LogP contribution in [0.5, 0.6) is 11.5 Å². The summed E-state index contributed by atoms with van der Waals surface area (Å²) in [7, 11) is 0. The first-order valence-electron chi connectivity index (χ1n) is 7.60. The molecular weight excluding hydrogens is 323 g/mol. The maximum Gasteiger partial charge on any atom is 0.129 e. The van der Waals surface area contributed by atoms with Crippen molar-refractivity contribution in [1.82, 2.24) is 4.98 Å². The average molecular weight is 336 g/mol. The second-order valence-corrected chi connectivity index (χ2v) is 5.63. The highest BCUT2D eigenvalue weighted by Crippen LogP contribution is 2.36. The minimum Gasteiger partial charge on any atom is -0.507 e. The zero-order valence-corrected chi connectivity index (χ0v) is 13.0. The van der Waals surface area contributed by atoms with Gasteiger partial charge in [0.1, 0.15) is 29.6 Å². The maximum absolute atomic E-state index is 13.5. The third-order valence-corrected chi connectivity index (χ3v) is 4.08. The zero-order chi connectivity index (χ0) is 17.4. The normalized spacial score (nSPS) is 12.9. The summed E-state index contributed by atoms with van der Waals surface area (Å²) in [5, 5.41) is 22.6. The number of aromatic nitrogens is 1. The lowest BCUT2D eigenvalue weighted by atomic mass is 9.97. The summed E-state index contributed by atoms with van der Waals surface area (Å²) in [5.41, 5.74) is 3.05. The Morgan fingerprint density at radius 2 is 2.00 bits per heavy atom. The molecule has 0 aliphatic carbocycles. The minimum absolute atomic E-state index is 0.0335. The Labute approximate surface area is 142 Å². The fourth-order valence-electron chi connectivity index (χ4n) is 2.90. The van der Waals surface area contributed by atoms with Crippen LogP contribution in [0.3, 0.4) is 0 Å². The van der Waals surface area contributed by atoms with Crippen LogP contribution in [0.15, 0.2) is 59.9 Å². The van der Waals surface area contributed by atoms with Gasteiger partial charge in [-0.2, -0.15) is 0 Å². The number of fused-ring (bicyclic) bond motifs is 3. The largest absolute Gasteiger partial charge is 0.507 e. The number of ether oxygens (including phenoxy) is 1. The maximum atomic E-state index is 13.5. The molecule has 1 aliphatic heterocycles. The van der Waals surface area contributed by atoms with Crippen LogP contribution in [0.25, 0.3) is 11.3 Å². The molecule has 0 bridgehead atoms. The van der Waals surface area contributed by atoms with Gasteiger partial charge in [0.05, 0.1) is 5.69 Å². The lowest BCUT2D eigenvalue weighted by molar-refractivity contribution is 0.301. The summed E-state index contributed by atoms with van der Waals surface area (Å²) >= 11 is 0. The van der Waals surface area contributed by atoms with Crippen molar-refractivity contribution in [2.75, 3.05) is 0 Å². The van der Waals surface area contributed by atoms with Gasteiger partial charge in [-0.3, -0.25) is 4.98 Å². The smallest absolute Gasteiger partial charge is 0.129 e. The summed E-state index contributed by atoms with van der Waals surface area (Å²) < 4.78 is 19.2. The summed E-state index contributed by atoms with van der Waals surface area (Å²) in [6.45, 7) is 0.320. The van der Waals surface area contributed by atoms with Crippen molar-refractivity contribution in [3.8, 4) is 22.8 Å². The van der Waals surface area contributed by atoms with Crippen molar-refractivity contribution in [3.05, 3.63) is 77.2 Å². The lowest BCUT2D eigenvalue weighted by Gasteiger charge is -2.20. The van der Waals surface area contributed by atoms with Crippen LogP contribution in [0.4, 0.5) is 4.39 Å². The van der Waals surface area contributed by atoms with Gasteiger partial charge in [0.25, 0.3) is 0 Å². The van der Waals surface area contributed by atoms with Crippen LogP contribution < -0.4 is 4.74 Å². The number of pyridine rings is 1. The van der Waals surface area contributed by atoms with E-state index in [-0.39, 0.29) is 17.0 Å². The number of halogens is 1. The van der Waals surface area contributed by atoms with Gasteiger partial charge in [-0.05, 0) is 36.4 Å². The van der Waals surface area contributed by atoms with E-state index in [4.69, 9.17) is 4.74 Å². The molecule has 2 heterocycles. The number of oxime groups is 1. The second kappa shape index (κ2) is 5.90. The van der Waals surface area contributed by atoms with E-state index in [0.29, 0.717) is 12.2 Å². The Hall–Kier alpha value is -3.41. The van der Waals surface area contributed by atoms with Gasteiger partial charge >= 0.3 is 0 Å². The van der Waals surface area contributed by atoms with Gasteiger partial charge in [0, 0.05) is 28.5 Å². The molecule has 0 amide bonds. The van der Waals surface area contributed by atoms with Gasteiger partial charge < -0.3 is 15.1 Å². The van der Waals surface area contributed by atoms with Crippen molar-refractivity contribution < 1.29 is 19.4 Å². The molecule has 0 spiro atoms. The van der Waals surface area contributed by atoms with Gasteiger partial charge in [-0.1, -0.05) is 17.3 Å². The SMILES string of the molecule is O/N=C(\c1cnc2c(c1)COc1ccccc1-2)c1cc(F)ccc1O. The topological polar surface area (TPSA) is 74.9 Å². The van der Waals surface area contributed by atoms with Crippen LogP contribution in [0, 0.1) is 5.82 Å². The first-order chi connectivity index (χ1) is 12.2. The van der Waals surface area contributed by atoms with Crippen molar-refractivity contribution >= 4 is 5.71 Å². The van der Waals surface area contributed by atoms with Crippen molar-refractivity contribution in [3.63, 3.8) is 0 Å². The number of phenolic OH excluding ortho intramolecular Hbond substituents is 1. The Bertz CT molecular complexity index is 1000. The lowest BCUT2D eigenvalue weighted by Crippen LogP contribution is -2.11. The quantitative estimate of drug-likeness (QED) is 0.425. The Morgan fingerprint density at radius 3 is 2.84 bits per heavy atom. The third-order valence-electron chi connectivity index (χ3n) is 4.08. The highest BCUT2D eigenvalue weighted by molar-refractivity contribution is 6.14. The molecule has 6 heteroatoms. The second-order valence-electron chi connectivity index (χ2n) is 5.63. The molecule has 0 saturated heterocycles. The van der Waals surface area contributed by atoms with Crippen LogP contribution >= 0.6 is 0 Å². The van der Waals surface area contributed by atoms with Crippen LogP contribution in [-0.4, -0.2) is 21.0 Å². The number of benzene rings is 2. The molecule has 25 heavy (non-hydrogen) atoms. The average Bonchev–Trinajstić information content (AvgIpc) is 2.65. The molecule has 0 saturated carbocycles. The van der Waals surface area contributed by atoms with Crippen LogP contribution in [0.2, 0.25) is 0 Å². The van der Waals surface area contributed by atoms with E-state index < -0.39 is 5.82 Å². The molecule has 5 nitrogen and oxygen atoms in total. The molecule has 2 aromatic carbocycles. The van der Waals surface area contributed by atoms with Crippen molar-refractivity contribution in [2.24, 2.45) is 5.16 Å². The Morgan fingerprint density at radius 1 is 1.16 bits per heavy atom.